The zero-order chi connectivity index (χ0) is 18.0. The van der Waals surface area contributed by atoms with Crippen molar-refractivity contribution in [1.29, 1.82) is 0 Å². The third-order valence-electron chi connectivity index (χ3n) is 4.85. The summed E-state index contributed by atoms with van der Waals surface area (Å²) in [6.07, 6.45) is -3.29. The van der Waals surface area contributed by atoms with E-state index in [4.69, 9.17) is 16.3 Å². The maximum atomic E-state index is 13.3. The van der Waals surface area contributed by atoms with E-state index in [1.165, 1.54) is 6.20 Å². The van der Waals surface area contributed by atoms with E-state index in [2.05, 4.69) is 9.88 Å². The highest BCUT2D eigenvalue weighted by atomic mass is 35.5. The van der Waals surface area contributed by atoms with Crippen molar-refractivity contribution in [3.05, 3.63) is 22.8 Å². The highest BCUT2D eigenvalue weighted by Gasteiger charge is 2.40. The summed E-state index contributed by atoms with van der Waals surface area (Å²) in [4.78, 5) is 7.79. The monoisotopic (exact) mass is 379 g/mol. The minimum atomic E-state index is -4.52. The second-order valence-electron chi connectivity index (χ2n) is 6.54. The molecule has 2 aliphatic heterocycles. The summed E-state index contributed by atoms with van der Waals surface area (Å²) in [6.45, 7) is 4.40. The second kappa shape index (κ2) is 7.65. The number of aromatic nitrogens is 1. The number of rotatable bonds is 4. The molecule has 2 fully saturated rings. The van der Waals surface area contributed by atoms with Gasteiger partial charge in [0.1, 0.15) is 5.82 Å². The Morgan fingerprint density at radius 1 is 1.24 bits per heavy atom. The Morgan fingerprint density at radius 2 is 1.92 bits per heavy atom. The number of nitrogens with zero attached hydrogens (tertiary/aromatic N) is 3. The van der Waals surface area contributed by atoms with Crippen molar-refractivity contribution in [2.24, 2.45) is 11.8 Å². The normalized spacial score (nSPS) is 25.6. The molecular formula is C16H21ClF3N3O2. The number of hydrogen-bond donors (Lipinski definition) is 1. The smallest absolute Gasteiger partial charge is 0.396 e. The van der Waals surface area contributed by atoms with Gasteiger partial charge in [-0.05, 0) is 12.0 Å². The number of aliphatic hydroxyl groups is 1. The predicted molar refractivity (Wildman–Crippen MR) is 87.8 cm³/mol. The van der Waals surface area contributed by atoms with Gasteiger partial charge in [-0.15, -0.1) is 0 Å². The van der Waals surface area contributed by atoms with E-state index in [1.54, 1.807) is 4.90 Å². The van der Waals surface area contributed by atoms with Crippen LogP contribution in [0, 0.1) is 11.8 Å². The Morgan fingerprint density at radius 3 is 2.56 bits per heavy atom. The molecular weight excluding hydrogens is 359 g/mol. The molecule has 1 aromatic rings. The van der Waals surface area contributed by atoms with Crippen molar-refractivity contribution in [2.45, 2.75) is 6.18 Å². The number of anilines is 1. The maximum Gasteiger partial charge on any atom is 0.420 e. The molecule has 5 nitrogen and oxygen atoms in total. The molecule has 0 unspecified atom stereocenters. The van der Waals surface area contributed by atoms with Crippen LogP contribution in [0.4, 0.5) is 19.0 Å². The van der Waals surface area contributed by atoms with Gasteiger partial charge in [-0.1, -0.05) is 11.6 Å². The van der Waals surface area contributed by atoms with Crippen molar-refractivity contribution < 1.29 is 23.0 Å². The molecule has 0 bridgehead atoms. The van der Waals surface area contributed by atoms with E-state index in [-0.39, 0.29) is 29.3 Å². The van der Waals surface area contributed by atoms with Crippen LogP contribution in [0.5, 0.6) is 0 Å². The highest BCUT2D eigenvalue weighted by molar-refractivity contribution is 6.30. The summed E-state index contributed by atoms with van der Waals surface area (Å²) >= 11 is 5.70. The molecule has 0 spiro atoms. The topological polar surface area (TPSA) is 48.8 Å². The molecule has 0 amide bonds. The van der Waals surface area contributed by atoms with E-state index < -0.39 is 11.7 Å². The molecule has 140 valence electrons. The molecule has 0 aromatic carbocycles. The van der Waals surface area contributed by atoms with Gasteiger partial charge in [0.2, 0.25) is 0 Å². The first-order valence-electron chi connectivity index (χ1n) is 8.27. The van der Waals surface area contributed by atoms with Gasteiger partial charge >= 0.3 is 6.18 Å². The number of aliphatic hydroxyl groups excluding tert-OH is 1. The number of alkyl halides is 3. The molecule has 2 saturated heterocycles. The van der Waals surface area contributed by atoms with Gasteiger partial charge < -0.3 is 14.7 Å². The first kappa shape index (κ1) is 18.7. The summed E-state index contributed by atoms with van der Waals surface area (Å²) in [5.41, 5.74) is -0.830. The van der Waals surface area contributed by atoms with Crippen LogP contribution in [-0.2, 0) is 10.9 Å². The van der Waals surface area contributed by atoms with E-state index >= 15 is 0 Å². The lowest BCUT2D eigenvalue weighted by Crippen LogP contribution is -2.41. The molecule has 2 aliphatic rings. The summed E-state index contributed by atoms with van der Waals surface area (Å²) in [6, 6.07) is 0.910. The van der Waals surface area contributed by atoms with Gasteiger partial charge in [0, 0.05) is 51.4 Å². The fraction of sp³-hybridized carbons (Fsp3) is 0.688. The fourth-order valence-corrected chi connectivity index (χ4v) is 3.69. The van der Waals surface area contributed by atoms with E-state index in [0.717, 1.165) is 25.7 Å². The standard InChI is InChI=1S/C16H21ClF3N3O2/c17-13-5-14(16(18,19)20)15(21-6-13)23-8-11(12(9-23)10-24)7-22-1-3-25-4-2-22/h5-6,11-12,24H,1-4,7-10H2/t11-,12-/m1/s1. The molecule has 0 aliphatic carbocycles. The van der Waals surface area contributed by atoms with Gasteiger partial charge in [-0.25, -0.2) is 4.98 Å². The average Bonchev–Trinajstić information content (AvgIpc) is 2.97. The van der Waals surface area contributed by atoms with Gasteiger partial charge in [-0.3, -0.25) is 4.90 Å². The lowest BCUT2D eigenvalue weighted by molar-refractivity contribution is -0.137. The summed E-state index contributed by atoms with van der Waals surface area (Å²) in [5.74, 6) is -0.108. The van der Waals surface area contributed by atoms with Gasteiger partial charge in [-0.2, -0.15) is 13.2 Å². The summed E-state index contributed by atoms with van der Waals surface area (Å²) in [7, 11) is 0. The predicted octanol–water partition coefficient (Wildman–Crippen LogP) is 2.13. The van der Waals surface area contributed by atoms with Crippen molar-refractivity contribution in [3.63, 3.8) is 0 Å². The maximum absolute atomic E-state index is 13.3. The number of pyridine rings is 1. The van der Waals surface area contributed by atoms with Crippen LogP contribution in [0.15, 0.2) is 12.3 Å². The van der Waals surface area contributed by atoms with Crippen LogP contribution in [0.1, 0.15) is 5.56 Å². The third-order valence-corrected chi connectivity index (χ3v) is 5.05. The largest absolute Gasteiger partial charge is 0.420 e. The van der Waals surface area contributed by atoms with E-state index in [9.17, 15) is 18.3 Å². The molecule has 3 heterocycles. The number of halogens is 4. The number of ether oxygens (including phenoxy) is 1. The SMILES string of the molecule is OC[C@H]1CN(c2ncc(Cl)cc2C(F)(F)F)C[C@H]1CN1CCOCC1. The lowest BCUT2D eigenvalue weighted by Gasteiger charge is -2.30. The Hall–Kier alpha value is -1.09. The van der Waals surface area contributed by atoms with E-state index in [1.807, 2.05) is 0 Å². The summed E-state index contributed by atoms with van der Waals surface area (Å²) in [5, 5.41) is 9.63. The van der Waals surface area contributed by atoms with Crippen LogP contribution < -0.4 is 4.90 Å². The highest BCUT2D eigenvalue weighted by Crippen LogP contribution is 2.39. The average molecular weight is 380 g/mol. The zero-order valence-corrected chi connectivity index (χ0v) is 14.4. The number of hydrogen-bond acceptors (Lipinski definition) is 5. The molecule has 1 aromatic heterocycles. The first-order chi connectivity index (χ1) is 11.9. The second-order valence-corrected chi connectivity index (χ2v) is 6.98. The lowest BCUT2D eigenvalue weighted by atomic mass is 9.96. The van der Waals surface area contributed by atoms with Gasteiger partial charge in [0.05, 0.1) is 23.8 Å². The van der Waals surface area contributed by atoms with Crippen molar-refractivity contribution in [2.75, 3.05) is 57.4 Å². The van der Waals surface area contributed by atoms with Crippen molar-refractivity contribution in [3.8, 4) is 0 Å². The Bertz CT molecular complexity index is 596. The fourth-order valence-electron chi connectivity index (χ4n) is 3.53. The molecule has 9 heteroatoms. The Balaban J connectivity index is 1.77. The van der Waals surface area contributed by atoms with Crippen LogP contribution in [-0.4, -0.2) is 67.5 Å². The molecule has 1 N–H and O–H groups in total. The number of morpholine rings is 1. The van der Waals surface area contributed by atoms with E-state index in [0.29, 0.717) is 26.3 Å². The minimum Gasteiger partial charge on any atom is -0.396 e. The first-order valence-corrected chi connectivity index (χ1v) is 8.65. The van der Waals surface area contributed by atoms with Gasteiger partial charge in [0.25, 0.3) is 0 Å². The zero-order valence-electron chi connectivity index (χ0n) is 13.7. The molecule has 0 radical (unpaired) electrons. The molecule has 25 heavy (non-hydrogen) atoms. The van der Waals surface area contributed by atoms with Crippen molar-refractivity contribution >= 4 is 17.4 Å². The van der Waals surface area contributed by atoms with Crippen molar-refractivity contribution in [1.82, 2.24) is 9.88 Å². The third kappa shape index (κ3) is 4.36. The quantitative estimate of drug-likeness (QED) is 0.868. The Labute approximate surface area is 149 Å². The molecule has 3 rings (SSSR count). The Kier molecular flexibility index (Phi) is 5.72. The summed E-state index contributed by atoms with van der Waals surface area (Å²) < 4.78 is 45.3. The van der Waals surface area contributed by atoms with Crippen LogP contribution in [0.2, 0.25) is 5.02 Å². The minimum absolute atomic E-state index is 0.0427. The van der Waals surface area contributed by atoms with Crippen LogP contribution in [0.3, 0.4) is 0 Å². The van der Waals surface area contributed by atoms with Gasteiger partial charge in [0.15, 0.2) is 0 Å². The molecule has 2 atom stereocenters. The van der Waals surface area contributed by atoms with Crippen LogP contribution >= 0.6 is 11.6 Å². The molecule has 0 saturated carbocycles. The van der Waals surface area contributed by atoms with Crippen LogP contribution in [0.25, 0.3) is 0 Å².